The molecule has 6 nitrogen and oxygen atoms in total. The highest BCUT2D eigenvalue weighted by atomic mass is 16.3. The Hall–Kier alpha value is -2.21. The van der Waals surface area contributed by atoms with Gasteiger partial charge in [-0.15, -0.1) is 0 Å². The van der Waals surface area contributed by atoms with E-state index >= 15 is 0 Å². The molecule has 2 N–H and O–H groups in total. The van der Waals surface area contributed by atoms with Crippen molar-refractivity contribution >= 4 is 5.91 Å². The predicted octanol–water partition coefficient (Wildman–Crippen LogP) is 1.16. The van der Waals surface area contributed by atoms with Crippen LogP contribution in [0.3, 0.4) is 0 Å². The standard InChI is InChI=1S/C15H18N4O2/c1-15(10-20,11-3-4-11)18-14(21)13-9-12(5-7-16-13)19-8-2-6-17-19/h2,5-9,11,20H,3-4,10H2,1H3,(H,18,21). The average Bonchev–Trinajstić information content (AvgIpc) is 3.23. The quantitative estimate of drug-likeness (QED) is 0.864. The van der Waals surface area contributed by atoms with Crippen LogP contribution in [-0.4, -0.2) is 37.9 Å². The molecule has 21 heavy (non-hydrogen) atoms. The van der Waals surface area contributed by atoms with Gasteiger partial charge in [0.15, 0.2) is 0 Å². The lowest BCUT2D eigenvalue weighted by atomic mass is 9.97. The zero-order valence-corrected chi connectivity index (χ0v) is 11.9. The van der Waals surface area contributed by atoms with E-state index in [1.54, 1.807) is 35.4 Å². The normalized spacial score (nSPS) is 17.2. The summed E-state index contributed by atoms with van der Waals surface area (Å²) in [6.45, 7) is 1.81. The van der Waals surface area contributed by atoms with E-state index in [0.717, 1.165) is 18.5 Å². The number of rotatable bonds is 5. The van der Waals surface area contributed by atoms with Gasteiger partial charge in [0, 0.05) is 18.6 Å². The molecule has 1 fully saturated rings. The average molecular weight is 286 g/mol. The van der Waals surface area contributed by atoms with Crippen molar-refractivity contribution in [2.75, 3.05) is 6.61 Å². The molecule has 1 saturated carbocycles. The van der Waals surface area contributed by atoms with Gasteiger partial charge in [-0.2, -0.15) is 5.10 Å². The number of carbonyl (C=O) groups excluding carboxylic acids is 1. The van der Waals surface area contributed by atoms with E-state index in [-0.39, 0.29) is 12.5 Å². The number of nitrogens with zero attached hydrogens (tertiary/aromatic N) is 3. The van der Waals surface area contributed by atoms with Gasteiger partial charge >= 0.3 is 0 Å². The van der Waals surface area contributed by atoms with Crippen molar-refractivity contribution in [2.24, 2.45) is 5.92 Å². The molecule has 1 aliphatic rings. The third kappa shape index (κ3) is 2.80. The van der Waals surface area contributed by atoms with E-state index in [1.807, 2.05) is 13.0 Å². The van der Waals surface area contributed by atoms with Crippen LogP contribution in [0.2, 0.25) is 0 Å². The Morgan fingerprint density at radius 1 is 1.52 bits per heavy atom. The van der Waals surface area contributed by atoms with E-state index in [4.69, 9.17) is 0 Å². The zero-order valence-electron chi connectivity index (χ0n) is 11.9. The summed E-state index contributed by atoms with van der Waals surface area (Å²) in [6.07, 6.45) is 7.14. The van der Waals surface area contributed by atoms with Gasteiger partial charge in [-0.05, 0) is 43.9 Å². The molecule has 0 bridgehead atoms. The number of nitrogens with one attached hydrogen (secondary N) is 1. The van der Waals surface area contributed by atoms with Gasteiger partial charge in [0.05, 0.1) is 17.8 Å². The van der Waals surface area contributed by atoms with E-state index in [9.17, 15) is 9.90 Å². The molecule has 110 valence electrons. The van der Waals surface area contributed by atoms with Crippen LogP contribution >= 0.6 is 0 Å². The lowest BCUT2D eigenvalue weighted by molar-refractivity contribution is 0.0819. The first-order valence-corrected chi connectivity index (χ1v) is 7.02. The van der Waals surface area contributed by atoms with Crippen LogP contribution in [0.5, 0.6) is 0 Å². The monoisotopic (exact) mass is 286 g/mol. The van der Waals surface area contributed by atoms with Gasteiger partial charge in [-0.25, -0.2) is 4.68 Å². The molecule has 2 heterocycles. The number of carbonyl (C=O) groups is 1. The second-order valence-corrected chi connectivity index (χ2v) is 5.65. The number of amides is 1. The number of aromatic nitrogens is 3. The summed E-state index contributed by atoms with van der Waals surface area (Å²) in [5.41, 5.74) is 0.529. The van der Waals surface area contributed by atoms with Crippen LogP contribution in [0.4, 0.5) is 0 Å². The first kappa shape index (κ1) is 13.8. The molecule has 2 aromatic rings. The third-order valence-corrected chi connectivity index (χ3v) is 3.95. The van der Waals surface area contributed by atoms with Gasteiger partial charge in [-0.1, -0.05) is 0 Å². The first-order valence-electron chi connectivity index (χ1n) is 7.02. The fraction of sp³-hybridized carbons (Fsp3) is 0.400. The van der Waals surface area contributed by atoms with Gasteiger partial charge in [-0.3, -0.25) is 9.78 Å². The highest BCUT2D eigenvalue weighted by molar-refractivity contribution is 5.93. The maximum absolute atomic E-state index is 12.4. The van der Waals surface area contributed by atoms with Crippen LogP contribution in [0.1, 0.15) is 30.3 Å². The maximum atomic E-state index is 12.4. The second-order valence-electron chi connectivity index (χ2n) is 5.65. The van der Waals surface area contributed by atoms with Crippen molar-refractivity contribution in [3.05, 3.63) is 42.5 Å². The Morgan fingerprint density at radius 2 is 2.33 bits per heavy atom. The molecule has 1 amide bonds. The summed E-state index contributed by atoms with van der Waals surface area (Å²) in [5.74, 6) is 0.0770. The van der Waals surface area contributed by atoms with Crippen molar-refractivity contribution in [3.8, 4) is 5.69 Å². The summed E-state index contributed by atoms with van der Waals surface area (Å²) in [5, 5.41) is 16.6. The minimum atomic E-state index is -0.569. The van der Waals surface area contributed by atoms with Crippen molar-refractivity contribution in [1.82, 2.24) is 20.1 Å². The maximum Gasteiger partial charge on any atom is 0.270 e. The van der Waals surface area contributed by atoms with Crippen LogP contribution in [0.25, 0.3) is 5.69 Å². The smallest absolute Gasteiger partial charge is 0.270 e. The fourth-order valence-corrected chi connectivity index (χ4v) is 2.42. The Morgan fingerprint density at radius 3 is 2.95 bits per heavy atom. The van der Waals surface area contributed by atoms with Gasteiger partial charge in [0.25, 0.3) is 5.91 Å². The van der Waals surface area contributed by atoms with E-state index in [1.165, 1.54) is 0 Å². The van der Waals surface area contributed by atoms with E-state index < -0.39 is 5.54 Å². The van der Waals surface area contributed by atoms with Gasteiger partial charge in [0.2, 0.25) is 0 Å². The van der Waals surface area contributed by atoms with Crippen molar-refractivity contribution in [3.63, 3.8) is 0 Å². The molecule has 3 rings (SSSR count). The summed E-state index contributed by atoms with van der Waals surface area (Å²) in [7, 11) is 0. The molecule has 0 radical (unpaired) electrons. The second kappa shape index (κ2) is 5.29. The molecule has 0 saturated heterocycles. The Labute approximate surface area is 122 Å². The molecule has 1 atom stereocenters. The first-order chi connectivity index (χ1) is 10.1. The number of pyridine rings is 1. The topological polar surface area (TPSA) is 80.0 Å². The zero-order chi connectivity index (χ0) is 14.9. The molecule has 0 aliphatic heterocycles. The molecule has 1 unspecified atom stereocenters. The summed E-state index contributed by atoms with van der Waals surface area (Å²) in [4.78, 5) is 16.5. The number of hydrogen-bond donors (Lipinski definition) is 2. The molecular formula is C15H18N4O2. The van der Waals surface area contributed by atoms with Crippen LogP contribution in [0.15, 0.2) is 36.8 Å². The molecule has 0 spiro atoms. The highest BCUT2D eigenvalue weighted by Crippen LogP contribution is 2.39. The molecule has 2 aromatic heterocycles. The van der Waals surface area contributed by atoms with E-state index in [0.29, 0.717) is 11.6 Å². The van der Waals surface area contributed by atoms with Crippen LogP contribution in [0, 0.1) is 5.92 Å². The van der Waals surface area contributed by atoms with Crippen molar-refractivity contribution < 1.29 is 9.90 Å². The molecule has 0 aromatic carbocycles. The lowest BCUT2D eigenvalue weighted by Crippen LogP contribution is -2.50. The molecule has 1 aliphatic carbocycles. The van der Waals surface area contributed by atoms with Crippen LogP contribution < -0.4 is 5.32 Å². The number of hydrogen-bond acceptors (Lipinski definition) is 4. The van der Waals surface area contributed by atoms with Crippen LogP contribution in [-0.2, 0) is 0 Å². The van der Waals surface area contributed by atoms with Crippen molar-refractivity contribution in [2.45, 2.75) is 25.3 Å². The minimum absolute atomic E-state index is 0.0672. The van der Waals surface area contributed by atoms with Gasteiger partial charge in [0.1, 0.15) is 5.69 Å². The lowest BCUT2D eigenvalue weighted by Gasteiger charge is -2.28. The molecular weight excluding hydrogens is 268 g/mol. The summed E-state index contributed by atoms with van der Waals surface area (Å²) >= 11 is 0. The van der Waals surface area contributed by atoms with Gasteiger partial charge < -0.3 is 10.4 Å². The van der Waals surface area contributed by atoms with Crippen molar-refractivity contribution in [1.29, 1.82) is 0 Å². The Kier molecular flexibility index (Phi) is 3.47. The minimum Gasteiger partial charge on any atom is -0.394 e. The number of aliphatic hydroxyl groups is 1. The summed E-state index contributed by atoms with van der Waals surface area (Å²) in [6, 6.07) is 5.29. The predicted molar refractivity (Wildman–Crippen MR) is 77.0 cm³/mol. The van der Waals surface area contributed by atoms with E-state index in [2.05, 4.69) is 15.4 Å². The largest absolute Gasteiger partial charge is 0.394 e. The Balaban J connectivity index is 1.80. The Bertz CT molecular complexity index is 637. The number of aliphatic hydroxyl groups excluding tert-OH is 1. The fourth-order valence-electron chi connectivity index (χ4n) is 2.42. The third-order valence-electron chi connectivity index (χ3n) is 3.95. The molecule has 6 heteroatoms. The highest BCUT2D eigenvalue weighted by Gasteiger charge is 2.42. The summed E-state index contributed by atoms with van der Waals surface area (Å²) < 4.78 is 1.67. The SMILES string of the molecule is CC(CO)(NC(=O)c1cc(-n2cccn2)ccn1)C1CC1.